The SMILES string of the molecule is Cn1c(F)c(C(=O)NOCC2CC2)c(Nc2ccc(Br)cc2F)cc1=O. The number of nitrogens with zero attached hydrogens (tertiary/aromatic N) is 1. The van der Waals surface area contributed by atoms with Crippen LogP contribution in [0.1, 0.15) is 23.2 Å². The third-order valence-electron chi connectivity index (χ3n) is 3.98. The molecule has 1 aromatic carbocycles. The maximum atomic E-state index is 14.5. The molecular weight excluding hydrogens is 412 g/mol. The van der Waals surface area contributed by atoms with Crippen molar-refractivity contribution in [2.75, 3.05) is 11.9 Å². The van der Waals surface area contributed by atoms with Crippen LogP contribution in [0.25, 0.3) is 0 Å². The number of anilines is 2. The molecule has 1 saturated carbocycles. The van der Waals surface area contributed by atoms with Crippen LogP contribution < -0.4 is 16.4 Å². The third kappa shape index (κ3) is 4.10. The molecule has 1 aromatic heterocycles. The van der Waals surface area contributed by atoms with E-state index in [0.717, 1.165) is 18.9 Å². The number of hydrogen-bond donors (Lipinski definition) is 2. The molecule has 138 valence electrons. The summed E-state index contributed by atoms with van der Waals surface area (Å²) in [4.78, 5) is 29.3. The number of benzene rings is 1. The Morgan fingerprint density at radius 3 is 2.69 bits per heavy atom. The van der Waals surface area contributed by atoms with E-state index in [0.29, 0.717) is 21.6 Å². The van der Waals surface area contributed by atoms with Gasteiger partial charge in [-0.25, -0.2) is 9.87 Å². The number of hydrogen-bond acceptors (Lipinski definition) is 4. The molecule has 2 aromatic rings. The molecule has 1 aliphatic carbocycles. The van der Waals surface area contributed by atoms with E-state index < -0.39 is 28.8 Å². The summed E-state index contributed by atoms with van der Waals surface area (Å²) in [7, 11) is 1.20. The van der Waals surface area contributed by atoms with Crippen molar-refractivity contribution < 1.29 is 18.4 Å². The number of amides is 1. The molecule has 0 bridgehead atoms. The highest BCUT2D eigenvalue weighted by atomic mass is 79.9. The fourth-order valence-electron chi connectivity index (χ4n) is 2.28. The van der Waals surface area contributed by atoms with Crippen LogP contribution in [0.3, 0.4) is 0 Å². The molecule has 0 spiro atoms. The molecule has 0 radical (unpaired) electrons. The molecule has 0 aliphatic heterocycles. The second-order valence-electron chi connectivity index (χ2n) is 6.06. The van der Waals surface area contributed by atoms with Crippen LogP contribution in [-0.4, -0.2) is 17.1 Å². The van der Waals surface area contributed by atoms with Crippen LogP contribution in [0.4, 0.5) is 20.2 Å². The first kappa shape index (κ1) is 18.5. The lowest BCUT2D eigenvalue weighted by molar-refractivity contribution is 0.0266. The molecule has 1 fully saturated rings. The Kier molecular flexibility index (Phi) is 5.38. The van der Waals surface area contributed by atoms with Crippen molar-refractivity contribution in [1.82, 2.24) is 10.0 Å². The second kappa shape index (κ2) is 7.55. The van der Waals surface area contributed by atoms with Crippen molar-refractivity contribution in [3.8, 4) is 0 Å². The van der Waals surface area contributed by atoms with Gasteiger partial charge in [0.25, 0.3) is 11.5 Å². The molecule has 0 saturated heterocycles. The topological polar surface area (TPSA) is 72.4 Å². The smallest absolute Gasteiger partial charge is 0.281 e. The van der Waals surface area contributed by atoms with Gasteiger partial charge in [0, 0.05) is 17.6 Å². The largest absolute Gasteiger partial charge is 0.352 e. The van der Waals surface area contributed by atoms with E-state index in [2.05, 4.69) is 26.7 Å². The minimum Gasteiger partial charge on any atom is -0.352 e. The number of carbonyl (C=O) groups excluding carboxylic acids is 1. The predicted octanol–water partition coefficient (Wildman–Crippen LogP) is 3.24. The first-order valence-corrected chi connectivity index (χ1v) is 8.70. The van der Waals surface area contributed by atoms with Gasteiger partial charge in [0.15, 0.2) is 0 Å². The minimum atomic E-state index is -1.05. The van der Waals surface area contributed by atoms with E-state index in [9.17, 15) is 18.4 Å². The van der Waals surface area contributed by atoms with Crippen molar-refractivity contribution in [2.24, 2.45) is 13.0 Å². The van der Waals surface area contributed by atoms with E-state index in [4.69, 9.17) is 4.84 Å². The summed E-state index contributed by atoms with van der Waals surface area (Å²) in [6.45, 7) is 0.337. The number of carbonyl (C=O) groups is 1. The zero-order chi connectivity index (χ0) is 18.8. The summed E-state index contributed by atoms with van der Waals surface area (Å²) in [5.74, 6) is -2.14. The van der Waals surface area contributed by atoms with Gasteiger partial charge in [-0.1, -0.05) is 15.9 Å². The number of nitrogens with one attached hydrogen (secondary N) is 2. The zero-order valence-corrected chi connectivity index (χ0v) is 15.4. The molecule has 0 unspecified atom stereocenters. The molecule has 6 nitrogen and oxygen atoms in total. The Morgan fingerprint density at radius 2 is 2.04 bits per heavy atom. The summed E-state index contributed by atoms with van der Waals surface area (Å²) in [5.41, 5.74) is 0.891. The fourth-order valence-corrected chi connectivity index (χ4v) is 2.61. The third-order valence-corrected chi connectivity index (χ3v) is 4.47. The Labute approximate surface area is 156 Å². The molecular formula is C17H16BrF2N3O3. The molecule has 9 heteroatoms. The van der Waals surface area contributed by atoms with E-state index in [1.165, 1.54) is 19.2 Å². The quantitative estimate of drug-likeness (QED) is 0.548. The van der Waals surface area contributed by atoms with Crippen LogP contribution in [0.5, 0.6) is 0 Å². The first-order chi connectivity index (χ1) is 12.4. The van der Waals surface area contributed by atoms with Gasteiger partial charge < -0.3 is 5.32 Å². The number of halogens is 3. The molecule has 1 aliphatic rings. The highest BCUT2D eigenvalue weighted by molar-refractivity contribution is 9.10. The monoisotopic (exact) mass is 427 g/mol. The Bertz CT molecular complexity index is 913. The summed E-state index contributed by atoms with van der Waals surface area (Å²) in [5, 5.41) is 2.60. The second-order valence-corrected chi connectivity index (χ2v) is 6.97. The van der Waals surface area contributed by atoms with Gasteiger partial charge in [0.2, 0.25) is 5.95 Å². The Balaban J connectivity index is 1.91. The lowest BCUT2D eigenvalue weighted by Gasteiger charge is -2.15. The van der Waals surface area contributed by atoms with Gasteiger partial charge in [0.1, 0.15) is 11.4 Å². The summed E-state index contributed by atoms with van der Waals surface area (Å²) >= 11 is 3.14. The van der Waals surface area contributed by atoms with Crippen LogP contribution in [0.15, 0.2) is 33.5 Å². The highest BCUT2D eigenvalue weighted by Gasteiger charge is 2.24. The summed E-state index contributed by atoms with van der Waals surface area (Å²) in [6.07, 6.45) is 2.05. The summed E-state index contributed by atoms with van der Waals surface area (Å²) in [6, 6.07) is 5.21. The lowest BCUT2D eigenvalue weighted by atomic mass is 10.2. The Morgan fingerprint density at radius 1 is 1.31 bits per heavy atom. The number of rotatable bonds is 6. The molecule has 1 heterocycles. The first-order valence-electron chi connectivity index (χ1n) is 7.90. The standard InChI is InChI=1S/C17H16BrF2N3O3/c1-23-14(24)7-13(21-12-5-4-10(18)6-11(12)19)15(16(23)20)17(25)22-26-8-9-2-3-9/h4-7,9,21H,2-3,8H2,1H3,(H,22,25). The lowest BCUT2D eigenvalue weighted by Crippen LogP contribution is -2.30. The maximum absolute atomic E-state index is 14.5. The number of hydroxylamine groups is 1. The highest BCUT2D eigenvalue weighted by Crippen LogP contribution is 2.29. The predicted molar refractivity (Wildman–Crippen MR) is 95.2 cm³/mol. The van der Waals surface area contributed by atoms with Gasteiger partial charge in [-0.3, -0.25) is 19.0 Å². The van der Waals surface area contributed by atoms with Crippen molar-refractivity contribution in [1.29, 1.82) is 0 Å². The molecule has 3 rings (SSSR count). The average Bonchev–Trinajstić information content (AvgIpc) is 3.39. The Hall–Kier alpha value is -2.26. The van der Waals surface area contributed by atoms with Gasteiger partial charge >= 0.3 is 0 Å². The van der Waals surface area contributed by atoms with Gasteiger partial charge in [-0.15, -0.1) is 0 Å². The maximum Gasteiger partial charge on any atom is 0.281 e. The van der Waals surface area contributed by atoms with Crippen LogP contribution in [0, 0.1) is 17.7 Å². The van der Waals surface area contributed by atoms with Crippen molar-refractivity contribution in [3.05, 3.63) is 56.4 Å². The summed E-state index contributed by atoms with van der Waals surface area (Å²) < 4.78 is 29.8. The van der Waals surface area contributed by atoms with Gasteiger partial charge in [-0.2, -0.15) is 4.39 Å². The molecule has 2 N–H and O–H groups in total. The van der Waals surface area contributed by atoms with E-state index in [-0.39, 0.29) is 11.4 Å². The number of pyridine rings is 1. The van der Waals surface area contributed by atoms with Gasteiger partial charge in [-0.05, 0) is 37.0 Å². The van der Waals surface area contributed by atoms with Crippen LogP contribution in [-0.2, 0) is 11.9 Å². The van der Waals surface area contributed by atoms with Crippen molar-refractivity contribution in [3.63, 3.8) is 0 Å². The zero-order valence-electron chi connectivity index (χ0n) is 13.8. The average molecular weight is 428 g/mol. The van der Waals surface area contributed by atoms with Crippen molar-refractivity contribution in [2.45, 2.75) is 12.8 Å². The van der Waals surface area contributed by atoms with Crippen molar-refractivity contribution >= 4 is 33.2 Å². The molecule has 1 amide bonds. The normalized spacial score (nSPS) is 13.5. The van der Waals surface area contributed by atoms with Crippen LogP contribution >= 0.6 is 15.9 Å². The van der Waals surface area contributed by atoms with Gasteiger partial charge in [0.05, 0.1) is 18.0 Å². The van der Waals surface area contributed by atoms with E-state index in [1.807, 2.05) is 0 Å². The molecule has 26 heavy (non-hydrogen) atoms. The minimum absolute atomic E-state index is 0.00574. The fraction of sp³-hybridized carbons (Fsp3) is 0.294. The van der Waals surface area contributed by atoms with E-state index in [1.54, 1.807) is 6.07 Å². The molecule has 0 atom stereocenters. The van der Waals surface area contributed by atoms with E-state index >= 15 is 0 Å². The van der Waals surface area contributed by atoms with Crippen LogP contribution in [0.2, 0.25) is 0 Å². The number of aromatic nitrogens is 1.